The van der Waals surface area contributed by atoms with Gasteiger partial charge in [0.15, 0.2) is 8.80 Å². The fraction of sp³-hybridized carbons (Fsp3) is 0. The van der Waals surface area contributed by atoms with Crippen molar-refractivity contribution in [2.75, 3.05) is 0 Å². The summed E-state index contributed by atoms with van der Waals surface area (Å²) in [6.45, 7) is 18.0. The van der Waals surface area contributed by atoms with E-state index in [0.717, 1.165) is 0 Å². The van der Waals surface area contributed by atoms with Crippen LogP contribution in [0.2, 0.25) is 0 Å². The Balaban J connectivity index is -0.000000622. The van der Waals surface area contributed by atoms with E-state index in [0.29, 0.717) is 0 Å². The van der Waals surface area contributed by atoms with Gasteiger partial charge < -0.3 is 0 Å². The largest absolute Gasteiger partial charge is 0.154 e. The Morgan fingerprint density at radius 1 is 0.393 bits per heavy atom. The normalized spacial score (nSPS) is 7.46. The minimum atomic E-state index is -0.877. The zero-order chi connectivity index (χ0) is 20.9. The molecule has 28 heavy (non-hydrogen) atoms. The number of rotatable bonds is 3. The maximum atomic E-state index is 7.50. The van der Waals surface area contributed by atoms with E-state index in [2.05, 4.69) is 118 Å². The second-order valence-electron chi connectivity index (χ2n) is 4.47. The Morgan fingerprint density at radius 3 is 0.750 bits per heavy atom. The van der Waals surface area contributed by atoms with Gasteiger partial charge in [-0.1, -0.05) is 107 Å². The molecule has 3 aromatic rings. The first-order chi connectivity index (χ1) is 13.4. The van der Waals surface area contributed by atoms with E-state index in [1.807, 2.05) is 0 Å². The molecule has 6 heteroatoms. The summed E-state index contributed by atoms with van der Waals surface area (Å²) in [7, 11) is -0.877. The number of benzene rings is 3. The summed E-state index contributed by atoms with van der Waals surface area (Å²) in [6, 6.07) is 32.5. The van der Waals surface area contributed by atoms with Gasteiger partial charge >= 0.3 is 45.2 Å². The predicted octanol–water partition coefficient (Wildman–Crippen LogP) is 2.05. The summed E-state index contributed by atoms with van der Waals surface area (Å²) in [5.74, 6) is 0. The van der Waals surface area contributed by atoms with E-state index in [9.17, 15) is 0 Å². The summed E-state index contributed by atoms with van der Waals surface area (Å²) in [6.07, 6.45) is 0. The Morgan fingerprint density at radius 2 is 0.571 bits per heavy atom. The third-order valence-electron chi connectivity index (χ3n) is 3.19. The summed E-state index contributed by atoms with van der Waals surface area (Å²) in [5, 5.41) is 4.31. The van der Waals surface area contributed by atoms with Crippen molar-refractivity contribution in [2.24, 2.45) is 0 Å². The Labute approximate surface area is 177 Å². The monoisotopic (exact) mass is 430 g/mol. The van der Waals surface area contributed by atoms with E-state index in [4.69, 9.17) is 18.6 Å². The van der Waals surface area contributed by atoms with Crippen LogP contribution >= 0.6 is 0 Å². The molecule has 0 amide bonds. The van der Waals surface area contributed by atoms with E-state index < -0.39 is 8.80 Å². The van der Waals surface area contributed by atoms with E-state index in [1.165, 1.54) is 15.6 Å². The summed E-state index contributed by atoms with van der Waals surface area (Å²) < 4.78 is 30.0. The van der Waals surface area contributed by atoms with Crippen molar-refractivity contribution in [3.05, 3.63) is 118 Å². The molecule has 3 rings (SSSR count). The first-order valence-corrected chi connectivity index (χ1v) is 8.80. The average molecular weight is 430 g/mol. The van der Waals surface area contributed by atoms with Gasteiger partial charge in [0.05, 0.1) is 0 Å². The second kappa shape index (κ2) is 22.4. The van der Waals surface area contributed by atoms with Crippen molar-refractivity contribution in [3.8, 4) is 0 Å². The minimum Gasteiger partial charge on any atom is -0.0624 e. The standard InChI is InChI=1S/C18H15Si.4CO.Co/c1-4-10-16(11-5-1)19(17-12-6-2-7-13-17)18-14-8-3-9-15-18;4*1-2;/h1-15H;;;;;. The molecular weight excluding hydrogens is 415 g/mol. The molecule has 3 aromatic carbocycles. The van der Waals surface area contributed by atoms with Crippen LogP contribution in [0.3, 0.4) is 0 Å². The zero-order valence-corrected chi connectivity index (χ0v) is 16.7. The van der Waals surface area contributed by atoms with Gasteiger partial charge in [0.25, 0.3) is 0 Å². The van der Waals surface area contributed by atoms with Crippen LogP contribution in [0.5, 0.6) is 0 Å². The van der Waals surface area contributed by atoms with E-state index in [1.54, 1.807) is 0 Å². The topological polar surface area (TPSA) is 79.6 Å². The van der Waals surface area contributed by atoms with Crippen molar-refractivity contribution >= 4 is 24.4 Å². The quantitative estimate of drug-likeness (QED) is 0.264. The molecule has 0 atom stereocenters. The van der Waals surface area contributed by atoms with Crippen LogP contribution in [0.15, 0.2) is 91.0 Å². The van der Waals surface area contributed by atoms with Gasteiger partial charge in [-0.15, -0.1) is 0 Å². The first-order valence-electron chi connectivity index (χ1n) is 7.30. The van der Waals surface area contributed by atoms with Crippen molar-refractivity contribution in [3.63, 3.8) is 0 Å². The summed E-state index contributed by atoms with van der Waals surface area (Å²) in [4.78, 5) is 0. The molecule has 0 aromatic heterocycles. The molecule has 0 heterocycles. The molecule has 0 saturated carbocycles. The molecule has 0 spiro atoms. The fourth-order valence-electron chi connectivity index (χ4n) is 2.31. The van der Waals surface area contributed by atoms with Crippen molar-refractivity contribution in [1.29, 1.82) is 0 Å². The molecule has 0 bridgehead atoms. The van der Waals surface area contributed by atoms with Gasteiger partial charge in [-0.2, -0.15) is 0 Å². The third-order valence-corrected chi connectivity index (χ3v) is 5.92. The van der Waals surface area contributed by atoms with Crippen LogP contribution in [-0.4, -0.2) is 8.80 Å². The van der Waals surface area contributed by atoms with E-state index >= 15 is 0 Å². The molecule has 140 valence electrons. The Hall–Kier alpha value is -2.66. The number of hydrogen-bond donors (Lipinski definition) is 0. The van der Waals surface area contributed by atoms with Crippen LogP contribution in [0.1, 0.15) is 0 Å². The molecule has 0 unspecified atom stereocenters. The van der Waals surface area contributed by atoms with E-state index in [-0.39, 0.29) is 16.8 Å². The predicted molar refractivity (Wildman–Crippen MR) is 99.7 cm³/mol. The first kappa shape index (κ1) is 30.1. The molecule has 0 aliphatic carbocycles. The van der Waals surface area contributed by atoms with Gasteiger partial charge in [-0.05, 0) is 0 Å². The molecule has 0 N–H and O–H groups in total. The fourth-order valence-corrected chi connectivity index (χ4v) is 4.89. The van der Waals surface area contributed by atoms with Gasteiger partial charge in [-0.25, -0.2) is 0 Å². The molecule has 0 aliphatic heterocycles. The van der Waals surface area contributed by atoms with Crippen LogP contribution in [-0.2, 0) is 35.4 Å². The van der Waals surface area contributed by atoms with Crippen molar-refractivity contribution < 1.29 is 35.4 Å². The van der Waals surface area contributed by atoms with Crippen LogP contribution in [0.4, 0.5) is 0 Å². The SMILES string of the molecule is [C-]#[O+].[C-]#[O+].[C-]#[O+].[C-]#[O+].[Co].c1ccc([Si](c2ccccc2)c2ccccc2)cc1. The Kier molecular flexibility index (Phi) is 24.1. The molecule has 4 nitrogen and oxygen atoms in total. The van der Waals surface area contributed by atoms with Crippen molar-refractivity contribution in [2.45, 2.75) is 0 Å². The summed E-state index contributed by atoms with van der Waals surface area (Å²) in [5.41, 5.74) is 0. The third kappa shape index (κ3) is 10.5. The smallest absolute Gasteiger partial charge is 0.0624 e. The number of hydrogen-bond acceptors (Lipinski definition) is 0. The molecule has 0 saturated heterocycles. The molecule has 2 radical (unpaired) electrons. The molecule has 0 fully saturated rings. The van der Waals surface area contributed by atoms with Gasteiger partial charge in [0.2, 0.25) is 0 Å². The van der Waals surface area contributed by atoms with Gasteiger partial charge in [0, 0.05) is 16.8 Å². The summed E-state index contributed by atoms with van der Waals surface area (Å²) >= 11 is 0. The zero-order valence-electron chi connectivity index (χ0n) is 14.6. The maximum absolute atomic E-state index is 7.50. The van der Waals surface area contributed by atoms with Crippen molar-refractivity contribution in [1.82, 2.24) is 0 Å². The minimum absolute atomic E-state index is 0. The van der Waals surface area contributed by atoms with Gasteiger partial charge in [0.1, 0.15) is 0 Å². The van der Waals surface area contributed by atoms with Crippen LogP contribution in [0, 0.1) is 26.6 Å². The average Bonchev–Trinajstić information content (AvgIpc) is 2.82. The van der Waals surface area contributed by atoms with Crippen LogP contribution < -0.4 is 15.6 Å². The second-order valence-corrected chi connectivity index (χ2v) is 6.96. The van der Waals surface area contributed by atoms with Crippen LogP contribution in [0.25, 0.3) is 0 Å². The maximum Gasteiger partial charge on any atom is 0.154 e. The Bertz CT molecular complexity index is 683. The van der Waals surface area contributed by atoms with Gasteiger partial charge in [-0.3, -0.25) is 0 Å². The molecular formula is C22H15CoO4Si. The molecule has 0 aliphatic rings.